The van der Waals surface area contributed by atoms with Crippen LogP contribution in [0.25, 0.3) is 0 Å². The SMILES string of the molecule is C=C(CC)C(=O)OCCOCC. The zero-order valence-corrected chi connectivity index (χ0v) is 7.76. The van der Waals surface area contributed by atoms with Crippen molar-refractivity contribution in [2.75, 3.05) is 19.8 Å². The Morgan fingerprint density at radius 2 is 2.00 bits per heavy atom. The molecule has 0 heterocycles. The van der Waals surface area contributed by atoms with Crippen LogP contribution in [-0.4, -0.2) is 25.8 Å². The minimum absolute atomic E-state index is 0.311. The Kier molecular flexibility index (Phi) is 6.38. The van der Waals surface area contributed by atoms with Gasteiger partial charge in [-0.05, 0) is 13.3 Å². The van der Waals surface area contributed by atoms with Crippen LogP contribution in [0.3, 0.4) is 0 Å². The maximum atomic E-state index is 11.0. The Bertz CT molecular complexity index is 152. The maximum absolute atomic E-state index is 11.0. The zero-order chi connectivity index (χ0) is 9.40. The van der Waals surface area contributed by atoms with Gasteiger partial charge in [0.25, 0.3) is 0 Å². The predicted octanol–water partition coefficient (Wildman–Crippen LogP) is 1.53. The van der Waals surface area contributed by atoms with Gasteiger partial charge in [0.05, 0.1) is 6.61 Å². The Hall–Kier alpha value is -0.830. The minimum atomic E-state index is -0.322. The monoisotopic (exact) mass is 172 g/mol. The third-order valence-electron chi connectivity index (χ3n) is 1.38. The fourth-order valence-corrected chi connectivity index (χ4v) is 0.584. The van der Waals surface area contributed by atoms with Crippen molar-refractivity contribution < 1.29 is 14.3 Å². The van der Waals surface area contributed by atoms with Crippen molar-refractivity contribution in [2.24, 2.45) is 0 Å². The first-order valence-electron chi connectivity index (χ1n) is 4.15. The van der Waals surface area contributed by atoms with Crippen LogP contribution in [0, 0.1) is 0 Å². The summed E-state index contributed by atoms with van der Waals surface area (Å²) in [6.45, 7) is 8.73. The first-order valence-corrected chi connectivity index (χ1v) is 4.15. The van der Waals surface area contributed by atoms with Crippen LogP contribution < -0.4 is 0 Å². The van der Waals surface area contributed by atoms with E-state index in [1.807, 2.05) is 13.8 Å². The lowest BCUT2D eigenvalue weighted by molar-refractivity contribution is -0.140. The average Bonchev–Trinajstić information content (AvgIpc) is 2.10. The fraction of sp³-hybridized carbons (Fsp3) is 0.667. The first kappa shape index (κ1) is 11.2. The van der Waals surface area contributed by atoms with Crippen molar-refractivity contribution in [3.8, 4) is 0 Å². The molecule has 0 amide bonds. The molecule has 0 aliphatic rings. The smallest absolute Gasteiger partial charge is 0.333 e. The number of carbonyl (C=O) groups is 1. The highest BCUT2D eigenvalue weighted by Crippen LogP contribution is 1.98. The largest absolute Gasteiger partial charge is 0.460 e. The van der Waals surface area contributed by atoms with Crippen LogP contribution in [-0.2, 0) is 14.3 Å². The van der Waals surface area contributed by atoms with E-state index in [2.05, 4.69) is 6.58 Å². The Morgan fingerprint density at radius 3 is 2.50 bits per heavy atom. The topological polar surface area (TPSA) is 35.5 Å². The molecule has 0 aromatic heterocycles. The summed E-state index contributed by atoms with van der Waals surface area (Å²) in [6, 6.07) is 0. The van der Waals surface area contributed by atoms with Gasteiger partial charge < -0.3 is 9.47 Å². The highest BCUT2D eigenvalue weighted by molar-refractivity contribution is 5.87. The van der Waals surface area contributed by atoms with Crippen LogP contribution in [0.15, 0.2) is 12.2 Å². The Morgan fingerprint density at radius 1 is 1.33 bits per heavy atom. The molecule has 0 unspecified atom stereocenters. The summed E-state index contributed by atoms with van der Waals surface area (Å²) in [5, 5.41) is 0. The molecule has 0 saturated carbocycles. The van der Waals surface area contributed by atoms with E-state index in [0.29, 0.717) is 31.8 Å². The molecule has 3 nitrogen and oxygen atoms in total. The summed E-state index contributed by atoms with van der Waals surface area (Å²) in [5.41, 5.74) is 0.506. The summed E-state index contributed by atoms with van der Waals surface area (Å²) in [5.74, 6) is -0.322. The second kappa shape index (κ2) is 6.85. The van der Waals surface area contributed by atoms with Crippen molar-refractivity contribution in [1.29, 1.82) is 0 Å². The normalized spacial score (nSPS) is 9.50. The summed E-state index contributed by atoms with van der Waals surface area (Å²) in [4.78, 5) is 11.0. The maximum Gasteiger partial charge on any atom is 0.333 e. The molecule has 0 aliphatic carbocycles. The molecule has 0 bridgehead atoms. The van der Waals surface area contributed by atoms with Gasteiger partial charge >= 0.3 is 5.97 Å². The zero-order valence-electron chi connectivity index (χ0n) is 7.76. The lowest BCUT2D eigenvalue weighted by Crippen LogP contribution is -2.11. The Balaban J connectivity index is 3.38. The molecule has 0 saturated heterocycles. The molecule has 0 atom stereocenters. The second-order valence-corrected chi connectivity index (χ2v) is 2.29. The molecule has 0 fully saturated rings. The third kappa shape index (κ3) is 4.91. The number of hydrogen-bond donors (Lipinski definition) is 0. The molecule has 0 aromatic rings. The quantitative estimate of drug-likeness (QED) is 0.346. The molecular formula is C9H16O3. The first-order chi connectivity index (χ1) is 5.72. The summed E-state index contributed by atoms with van der Waals surface area (Å²) >= 11 is 0. The van der Waals surface area contributed by atoms with Crippen molar-refractivity contribution in [3.63, 3.8) is 0 Å². The molecule has 0 spiro atoms. The van der Waals surface area contributed by atoms with E-state index < -0.39 is 0 Å². The minimum Gasteiger partial charge on any atom is -0.460 e. The van der Waals surface area contributed by atoms with Gasteiger partial charge in [-0.2, -0.15) is 0 Å². The van der Waals surface area contributed by atoms with Crippen LogP contribution in [0.2, 0.25) is 0 Å². The van der Waals surface area contributed by atoms with Gasteiger partial charge in [0, 0.05) is 12.2 Å². The van der Waals surface area contributed by atoms with Gasteiger partial charge in [0.2, 0.25) is 0 Å². The third-order valence-corrected chi connectivity index (χ3v) is 1.38. The van der Waals surface area contributed by atoms with E-state index in [1.54, 1.807) is 0 Å². The highest BCUT2D eigenvalue weighted by atomic mass is 16.6. The summed E-state index contributed by atoms with van der Waals surface area (Å²) in [7, 11) is 0. The van der Waals surface area contributed by atoms with Gasteiger partial charge in [0.1, 0.15) is 6.61 Å². The van der Waals surface area contributed by atoms with Crippen molar-refractivity contribution in [1.82, 2.24) is 0 Å². The molecular weight excluding hydrogens is 156 g/mol. The summed E-state index contributed by atoms with van der Waals surface area (Å²) < 4.78 is 9.82. The highest BCUT2D eigenvalue weighted by Gasteiger charge is 2.04. The molecule has 12 heavy (non-hydrogen) atoms. The van der Waals surface area contributed by atoms with E-state index in [0.717, 1.165) is 0 Å². The van der Waals surface area contributed by atoms with Crippen molar-refractivity contribution >= 4 is 5.97 Å². The summed E-state index contributed by atoms with van der Waals surface area (Å²) in [6.07, 6.45) is 0.632. The van der Waals surface area contributed by atoms with Crippen LogP contribution in [0.4, 0.5) is 0 Å². The van der Waals surface area contributed by atoms with Gasteiger partial charge in [0.15, 0.2) is 0 Å². The predicted molar refractivity (Wildman–Crippen MR) is 46.9 cm³/mol. The lowest BCUT2D eigenvalue weighted by Gasteiger charge is -2.04. The average molecular weight is 172 g/mol. The molecule has 0 rings (SSSR count). The van der Waals surface area contributed by atoms with E-state index in [1.165, 1.54) is 0 Å². The van der Waals surface area contributed by atoms with Crippen molar-refractivity contribution in [2.45, 2.75) is 20.3 Å². The molecule has 0 aromatic carbocycles. The molecule has 0 radical (unpaired) electrons. The number of rotatable bonds is 6. The van der Waals surface area contributed by atoms with Gasteiger partial charge in [-0.3, -0.25) is 0 Å². The van der Waals surface area contributed by atoms with Gasteiger partial charge in [-0.1, -0.05) is 13.5 Å². The number of ether oxygens (including phenoxy) is 2. The molecule has 3 heteroatoms. The second-order valence-electron chi connectivity index (χ2n) is 2.29. The van der Waals surface area contributed by atoms with Gasteiger partial charge in [-0.15, -0.1) is 0 Å². The molecule has 0 N–H and O–H groups in total. The number of hydrogen-bond acceptors (Lipinski definition) is 3. The van der Waals surface area contributed by atoms with E-state index in [4.69, 9.17) is 9.47 Å². The van der Waals surface area contributed by atoms with E-state index in [9.17, 15) is 4.79 Å². The van der Waals surface area contributed by atoms with Gasteiger partial charge in [-0.25, -0.2) is 4.79 Å². The standard InChI is InChI=1S/C9H16O3/c1-4-8(3)9(10)12-7-6-11-5-2/h3-7H2,1-2H3. The van der Waals surface area contributed by atoms with E-state index in [-0.39, 0.29) is 5.97 Å². The fourth-order valence-electron chi connectivity index (χ4n) is 0.584. The lowest BCUT2D eigenvalue weighted by atomic mass is 10.2. The number of esters is 1. The Labute approximate surface area is 73.4 Å². The van der Waals surface area contributed by atoms with Crippen molar-refractivity contribution in [3.05, 3.63) is 12.2 Å². The van der Waals surface area contributed by atoms with E-state index >= 15 is 0 Å². The van der Waals surface area contributed by atoms with Crippen LogP contribution in [0.1, 0.15) is 20.3 Å². The molecule has 70 valence electrons. The number of carbonyl (C=O) groups excluding carboxylic acids is 1. The molecule has 0 aliphatic heterocycles. The van der Waals surface area contributed by atoms with Crippen LogP contribution >= 0.6 is 0 Å². The van der Waals surface area contributed by atoms with Crippen LogP contribution in [0.5, 0.6) is 0 Å².